The smallest absolute Gasteiger partial charge is 0.315 e. The molecule has 18 heavy (non-hydrogen) atoms. The molecule has 0 bridgehead atoms. The molecule has 0 fully saturated rings. The van der Waals surface area contributed by atoms with Crippen LogP contribution >= 0.6 is 0 Å². The highest BCUT2D eigenvalue weighted by Gasteiger charge is 2.11. The number of hydrogen-bond acceptors (Lipinski definition) is 5. The molecule has 2 atom stereocenters. The minimum absolute atomic E-state index is 0.358. The monoisotopic (exact) mass is 254 g/mol. The highest BCUT2D eigenvalue weighted by molar-refractivity contribution is 5.18. The summed E-state index contributed by atoms with van der Waals surface area (Å²) in [7, 11) is 0. The Kier molecular flexibility index (Phi) is 6.72. The van der Waals surface area contributed by atoms with E-state index in [1.807, 2.05) is 0 Å². The van der Waals surface area contributed by atoms with Crippen molar-refractivity contribution in [3.05, 3.63) is 5.89 Å². The molecule has 0 aromatic carbocycles. The second kappa shape index (κ2) is 8.08. The molecular weight excluding hydrogens is 228 g/mol. The Morgan fingerprint density at radius 3 is 2.67 bits per heavy atom. The molecule has 104 valence electrons. The van der Waals surface area contributed by atoms with Gasteiger partial charge >= 0.3 is 6.01 Å². The average Bonchev–Trinajstić information content (AvgIpc) is 2.76. The lowest BCUT2D eigenvalue weighted by Crippen LogP contribution is -2.18. The number of rotatable bonds is 9. The number of hydrogen-bond donors (Lipinski definition) is 2. The molecule has 5 heteroatoms. The van der Waals surface area contributed by atoms with Gasteiger partial charge in [0, 0.05) is 6.04 Å². The molecular formula is C13H26N4O. The maximum Gasteiger partial charge on any atom is 0.315 e. The number of aromatic nitrogens is 2. The standard InChI is InChI=1S/C13H26N4O/c1-5-7-14-9-12-16-17-13(18-12)15-11(4)8-10(3)6-2/h10-11,14H,5-9H2,1-4H3,(H,15,17). The summed E-state index contributed by atoms with van der Waals surface area (Å²) in [5, 5.41) is 14.5. The predicted molar refractivity (Wildman–Crippen MR) is 73.5 cm³/mol. The van der Waals surface area contributed by atoms with Crippen molar-refractivity contribution < 1.29 is 4.42 Å². The van der Waals surface area contributed by atoms with Crippen molar-refractivity contribution in [2.45, 2.75) is 59.5 Å². The van der Waals surface area contributed by atoms with E-state index in [1.54, 1.807) is 0 Å². The van der Waals surface area contributed by atoms with Crippen molar-refractivity contribution >= 4 is 6.01 Å². The van der Waals surface area contributed by atoms with Crippen LogP contribution in [0.1, 0.15) is 52.8 Å². The molecule has 0 spiro atoms. The van der Waals surface area contributed by atoms with Crippen molar-refractivity contribution in [1.82, 2.24) is 15.5 Å². The predicted octanol–water partition coefficient (Wildman–Crippen LogP) is 2.81. The summed E-state index contributed by atoms with van der Waals surface area (Å²) in [5.41, 5.74) is 0. The van der Waals surface area contributed by atoms with Crippen LogP contribution in [0.5, 0.6) is 0 Å². The van der Waals surface area contributed by atoms with Gasteiger partial charge in [0.15, 0.2) is 0 Å². The van der Waals surface area contributed by atoms with Crippen molar-refractivity contribution in [3.8, 4) is 0 Å². The van der Waals surface area contributed by atoms with E-state index >= 15 is 0 Å². The fraction of sp³-hybridized carbons (Fsp3) is 0.846. The second-order valence-corrected chi connectivity index (χ2v) is 4.97. The van der Waals surface area contributed by atoms with Gasteiger partial charge in [-0.15, -0.1) is 5.10 Å². The molecule has 0 aliphatic carbocycles. The van der Waals surface area contributed by atoms with Gasteiger partial charge in [-0.1, -0.05) is 32.3 Å². The molecule has 0 aliphatic rings. The summed E-state index contributed by atoms with van der Waals surface area (Å²) in [6.45, 7) is 10.3. The normalized spacial score (nSPS) is 14.4. The van der Waals surface area contributed by atoms with Gasteiger partial charge in [-0.05, 0) is 32.2 Å². The van der Waals surface area contributed by atoms with E-state index in [4.69, 9.17) is 4.42 Å². The molecule has 0 saturated carbocycles. The number of nitrogens with one attached hydrogen (secondary N) is 2. The van der Waals surface area contributed by atoms with Gasteiger partial charge < -0.3 is 15.1 Å². The first-order valence-corrected chi connectivity index (χ1v) is 6.95. The third-order valence-electron chi connectivity index (χ3n) is 2.99. The molecule has 0 aliphatic heterocycles. The highest BCUT2D eigenvalue weighted by Crippen LogP contribution is 2.14. The van der Waals surface area contributed by atoms with E-state index in [0.717, 1.165) is 19.4 Å². The van der Waals surface area contributed by atoms with Crippen molar-refractivity contribution in [1.29, 1.82) is 0 Å². The summed E-state index contributed by atoms with van der Waals surface area (Å²) in [6.07, 6.45) is 3.41. The van der Waals surface area contributed by atoms with Gasteiger partial charge in [0.05, 0.1) is 6.54 Å². The molecule has 1 aromatic rings. The van der Waals surface area contributed by atoms with Crippen LogP contribution in [-0.2, 0) is 6.54 Å². The maximum absolute atomic E-state index is 5.52. The zero-order valence-corrected chi connectivity index (χ0v) is 12.0. The van der Waals surface area contributed by atoms with Crippen molar-refractivity contribution in [2.75, 3.05) is 11.9 Å². The maximum atomic E-state index is 5.52. The van der Waals surface area contributed by atoms with Gasteiger partial charge in [-0.2, -0.15) is 0 Å². The summed E-state index contributed by atoms with van der Waals surface area (Å²) < 4.78 is 5.52. The molecule has 0 radical (unpaired) electrons. The summed E-state index contributed by atoms with van der Waals surface area (Å²) in [4.78, 5) is 0. The molecule has 1 heterocycles. The summed E-state index contributed by atoms with van der Waals surface area (Å²) in [6, 6.07) is 0.885. The highest BCUT2D eigenvalue weighted by atomic mass is 16.4. The van der Waals surface area contributed by atoms with Crippen LogP contribution in [0.15, 0.2) is 4.42 Å². The zero-order chi connectivity index (χ0) is 13.4. The Bertz CT molecular complexity index is 327. The number of anilines is 1. The van der Waals surface area contributed by atoms with Gasteiger partial charge in [-0.3, -0.25) is 0 Å². The Morgan fingerprint density at radius 2 is 2.00 bits per heavy atom. The van der Waals surface area contributed by atoms with E-state index in [0.29, 0.717) is 30.4 Å². The van der Waals surface area contributed by atoms with Crippen LogP contribution in [0.25, 0.3) is 0 Å². The van der Waals surface area contributed by atoms with Gasteiger partial charge in [0.25, 0.3) is 0 Å². The summed E-state index contributed by atoms with van der Waals surface area (Å²) in [5.74, 6) is 1.35. The SMILES string of the molecule is CCCNCc1nnc(NC(C)CC(C)CC)o1. The van der Waals surface area contributed by atoms with Crippen molar-refractivity contribution in [3.63, 3.8) is 0 Å². The molecule has 0 amide bonds. The van der Waals surface area contributed by atoms with E-state index in [9.17, 15) is 0 Å². The molecule has 1 rings (SSSR count). The topological polar surface area (TPSA) is 63.0 Å². The van der Waals surface area contributed by atoms with Gasteiger partial charge in [0.2, 0.25) is 5.89 Å². The van der Waals surface area contributed by atoms with Crippen LogP contribution in [-0.4, -0.2) is 22.8 Å². The minimum atomic E-state index is 0.358. The minimum Gasteiger partial charge on any atom is -0.407 e. The van der Waals surface area contributed by atoms with Crippen molar-refractivity contribution in [2.24, 2.45) is 5.92 Å². The van der Waals surface area contributed by atoms with Gasteiger partial charge in [0.1, 0.15) is 0 Å². The zero-order valence-electron chi connectivity index (χ0n) is 12.0. The fourth-order valence-electron chi connectivity index (χ4n) is 1.80. The quantitative estimate of drug-likeness (QED) is 0.663. The van der Waals surface area contributed by atoms with Crippen LogP contribution in [0.3, 0.4) is 0 Å². The first kappa shape index (κ1) is 15.0. The first-order valence-electron chi connectivity index (χ1n) is 6.95. The lowest BCUT2D eigenvalue weighted by atomic mass is 10.0. The van der Waals surface area contributed by atoms with Crippen LogP contribution < -0.4 is 10.6 Å². The molecule has 5 nitrogen and oxygen atoms in total. The number of nitrogens with zero attached hydrogens (tertiary/aromatic N) is 2. The molecule has 2 unspecified atom stereocenters. The lowest BCUT2D eigenvalue weighted by molar-refractivity contribution is 0.453. The first-order chi connectivity index (χ1) is 8.65. The van der Waals surface area contributed by atoms with Crippen LogP contribution in [0.4, 0.5) is 6.01 Å². The second-order valence-electron chi connectivity index (χ2n) is 4.97. The largest absolute Gasteiger partial charge is 0.407 e. The Balaban J connectivity index is 2.34. The van der Waals surface area contributed by atoms with E-state index in [1.165, 1.54) is 6.42 Å². The summed E-state index contributed by atoms with van der Waals surface area (Å²) >= 11 is 0. The third-order valence-corrected chi connectivity index (χ3v) is 2.99. The Morgan fingerprint density at radius 1 is 1.22 bits per heavy atom. The van der Waals surface area contributed by atoms with Crippen LogP contribution in [0.2, 0.25) is 0 Å². The average molecular weight is 254 g/mol. The molecule has 0 saturated heterocycles. The Labute approximate surface area is 110 Å². The van der Waals surface area contributed by atoms with E-state index < -0.39 is 0 Å². The molecule has 2 N–H and O–H groups in total. The molecule has 1 aromatic heterocycles. The Hall–Kier alpha value is -1.10. The van der Waals surface area contributed by atoms with E-state index in [-0.39, 0.29) is 0 Å². The van der Waals surface area contributed by atoms with Crippen LogP contribution in [0, 0.1) is 5.92 Å². The van der Waals surface area contributed by atoms with E-state index in [2.05, 4.69) is 48.5 Å². The fourth-order valence-corrected chi connectivity index (χ4v) is 1.80. The third kappa shape index (κ3) is 5.49. The van der Waals surface area contributed by atoms with Gasteiger partial charge in [-0.25, -0.2) is 0 Å². The lowest BCUT2D eigenvalue weighted by Gasteiger charge is -2.15.